The van der Waals surface area contributed by atoms with E-state index in [1.54, 1.807) is 0 Å². The van der Waals surface area contributed by atoms with E-state index in [9.17, 15) is 14.9 Å². The summed E-state index contributed by atoms with van der Waals surface area (Å²) >= 11 is 0. The standard InChI is InChI=1S/C4H6N2O3/c1-2-3(4(5)7)6(8)9/h2H,1H3,(H2,5,7)/b3-2-. The molecule has 2 N–H and O–H groups in total. The van der Waals surface area contributed by atoms with Gasteiger partial charge in [0, 0.05) is 0 Å². The molecule has 0 radical (unpaired) electrons. The first kappa shape index (κ1) is 7.61. The summed E-state index contributed by atoms with van der Waals surface area (Å²) < 4.78 is 0. The lowest BCUT2D eigenvalue weighted by Crippen LogP contribution is -2.19. The molecule has 5 nitrogen and oxygen atoms in total. The van der Waals surface area contributed by atoms with Crippen LogP contribution in [0.5, 0.6) is 0 Å². The second kappa shape index (κ2) is 2.81. The second-order valence-electron chi connectivity index (χ2n) is 1.30. The average Bonchev–Trinajstić information content (AvgIpc) is 1.64. The summed E-state index contributed by atoms with van der Waals surface area (Å²) in [6.45, 7) is 1.38. The van der Waals surface area contributed by atoms with Crippen molar-refractivity contribution < 1.29 is 9.72 Å². The third kappa shape index (κ3) is 1.89. The van der Waals surface area contributed by atoms with Crippen LogP contribution in [0.2, 0.25) is 0 Å². The Morgan fingerprint density at radius 3 is 2.22 bits per heavy atom. The molecule has 0 rings (SSSR count). The van der Waals surface area contributed by atoms with E-state index in [0.717, 1.165) is 6.08 Å². The van der Waals surface area contributed by atoms with E-state index in [2.05, 4.69) is 5.73 Å². The van der Waals surface area contributed by atoms with Crippen LogP contribution in [0.1, 0.15) is 6.92 Å². The molecule has 9 heavy (non-hydrogen) atoms. The van der Waals surface area contributed by atoms with E-state index in [-0.39, 0.29) is 0 Å². The highest BCUT2D eigenvalue weighted by Crippen LogP contribution is 1.91. The number of hydrogen-bond acceptors (Lipinski definition) is 3. The van der Waals surface area contributed by atoms with Crippen molar-refractivity contribution in [2.45, 2.75) is 6.92 Å². The Morgan fingerprint density at radius 1 is 1.78 bits per heavy atom. The van der Waals surface area contributed by atoms with E-state index < -0.39 is 16.5 Å². The van der Waals surface area contributed by atoms with Crippen LogP contribution < -0.4 is 5.73 Å². The molecule has 0 spiro atoms. The summed E-state index contributed by atoms with van der Waals surface area (Å²) in [5.74, 6) is -1.01. The number of nitrogens with zero attached hydrogens (tertiary/aromatic N) is 1. The topological polar surface area (TPSA) is 86.2 Å². The van der Waals surface area contributed by atoms with E-state index in [4.69, 9.17) is 0 Å². The molecule has 0 aliphatic heterocycles. The summed E-state index contributed by atoms with van der Waals surface area (Å²) in [5, 5.41) is 9.81. The lowest BCUT2D eigenvalue weighted by molar-refractivity contribution is -0.418. The fourth-order valence-electron chi connectivity index (χ4n) is 0.338. The lowest BCUT2D eigenvalue weighted by Gasteiger charge is -1.87. The fourth-order valence-corrected chi connectivity index (χ4v) is 0.338. The Balaban J connectivity index is 4.38. The van der Waals surface area contributed by atoms with Gasteiger partial charge in [0.2, 0.25) is 0 Å². The number of carbonyl (C=O) groups excluding carboxylic acids is 1. The number of allylic oxidation sites excluding steroid dienone is 1. The Kier molecular flexibility index (Phi) is 2.37. The zero-order valence-electron chi connectivity index (χ0n) is 4.83. The van der Waals surface area contributed by atoms with Crippen molar-refractivity contribution in [3.8, 4) is 0 Å². The van der Waals surface area contributed by atoms with Gasteiger partial charge in [-0.3, -0.25) is 14.9 Å². The normalized spacial score (nSPS) is 11.0. The third-order valence-electron chi connectivity index (χ3n) is 0.723. The largest absolute Gasteiger partial charge is 0.360 e. The van der Waals surface area contributed by atoms with Gasteiger partial charge in [-0.25, -0.2) is 0 Å². The summed E-state index contributed by atoms with van der Waals surface area (Å²) in [4.78, 5) is 19.1. The second-order valence-corrected chi connectivity index (χ2v) is 1.30. The van der Waals surface area contributed by atoms with Gasteiger partial charge in [0.15, 0.2) is 0 Å². The molecular formula is C4H6N2O3. The highest BCUT2D eigenvalue weighted by atomic mass is 16.6. The molecular weight excluding hydrogens is 124 g/mol. The highest BCUT2D eigenvalue weighted by Gasteiger charge is 2.14. The number of amides is 1. The first-order valence-electron chi connectivity index (χ1n) is 2.20. The maximum absolute atomic E-state index is 10.1. The van der Waals surface area contributed by atoms with Crippen LogP contribution in [-0.2, 0) is 4.79 Å². The van der Waals surface area contributed by atoms with Crippen LogP contribution in [0.15, 0.2) is 11.8 Å². The zero-order valence-corrected chi connectivity index (χ0v) is 4.83. The smallest absolute Gasteiger partial charge is 0.329 e. The first-order chi connectivity index (χ1) is 4.09. The molecule has 0 bridgehead atoms. The van der Waals surface area contributed by atoms with E-state index in [1.807, 2.05) is 0 Å². The van der Waals surface area contributed by atoms with Crippen molar-refractivity contribution in [3.63, 3.8) is 0 Å². The molecule has 0 saturated heterocycles. The average molecular weight is 130 g/mol. The molecule has 0 unspecified atom stereocenters. The number of carbonyl (C=O) groups is 1. The van der Waals surface area contributed by atoms with Crippen LogP contribution >= 0.6 is 0 Å². The zero-order chi connectivity index (χ0) is 7.44. The Hall–Kier alpha value is -1.39. The number of rotatable bonds is 2. The maximum atomic E-state index is 10.1. The van der Waals surface area contributed by atoms with Crippen molar-refractivity contribution in [2.75, 3.05) is 0 Å². The van der Waals surface area contributed by atoms with Crippen LogP contribution in [0, 0.1) is 10.1 Å². The summed E-state index contributed by atoms with van der Waals surface area (Å²) in [5.41, 5.74) is 4.03. The van der Waals surface area contributed by atoms with E-state index in [1.165, 1.54) is 6.92 Å². The van der Waals surface area contributed by atoms with Crippen LogP contribution in [0.4, 0.5) is 0 Å². The van der Waals surface area contributed by atoms with Crippen molar-refractivity contribution in [1.82, 2.24) is 0 Å². The van der Waals surface area contributed by atoms with E-state index >= 15 is 0 Å². The molecule has 0 saturated carbocycles. The highest BCUT2D eigenvalue weighted by molar-refractivity contribution is 5.89. The van der Waals surface area contributed by atoms with Gasteiger partial charge < -0.3 is 5.73 Å². The molecule has 0 aliphatic rings. The minimum atomic E-state index is -1.01. The van der Waals surface area contributed by atoms with Crippen LogP contribution in [0.25, 0.3) is 0 Å². The molecule has 0 aliphatic carbocycles. The van der Waals surface area contributed by atoms with Gasteiger partial charge in [-0.15, -0.1) is 0 Å². The fraction of sp³-hybridized carbons (Fsp3) is 0.250. The molecule has 50 valence electrons. The molecule has 0 heterocycles. The first-order valence-corrected chi connectivity index (χ1v) is 2.20. The molecule has 0 aromatic rings. The molecule has 0 aromatic heterocycles. The summed E-state index contributed by atoms with van der Waals surface area (Å²) in [6.07, 6.45) is 1.06. The number of nitro groups is 1. The van der Waals surface area contributed by atoms with Crippen molar-refractivity contribution >= 4 is 5.91 Å². The van der Waals surface area contributed by atoms with Crippen molar-refractivity contribution in [2.24, 2.45) is 5.73 Å². The molecule has 1 amide bonds. The monoisotopic (exact) mass is 130 g/mol. The number of nitrogens with two attached hydrogens (primary N) is 1. The predicted molar refractivity (Wildman–Crippen MR) is 29.9 cm³/mol. The minimum absolute atomic E-state index is 0.574. The van der Waals surface area contributed by atoms with E-state index in [0.29, 0.717) is 0 Å². The SMILES string of the molecule is C/C=C(/C(N)=O)[N+](=O)[O-]. The maximum Gasteiger partial charge on any atom is 0.329 e. The molecule has 0 aromatic carbocycles. The summed E-state index contributed by atoms with van der Waals surface area (Å²) in [7, 11) is 0. The van der Waals surface area contributed by atoms with Gasteiger partial charge in [-0.1, -0.05) is 0 Å². The third-order valence-corrected chi connectivity index (χ3v) is 0.723. The molecule has 0 atom stereocenters. The van der Waals surface area contributed by atoms with Gasteiger partial charge in [0.25, 0.3) is 0 Å². The predicted octanol–water partition coefficient (Wildman–Crippen LogP) is -0.348. The van der Waals surface area contributed by atoms with Crippen molar-refractivity contribution in [3.05, 3.63) is 21.9 Å². The Labute approximate surface area is 51.3 Å². The summed E-state index contributed by atoms with van der Waals surface area (Å²) in [6, 6.07) is 0. The van der Waals surface area contributed by atoms with Crippen LogP contribution in [-0.4, -0.2) is 10.8 Å². The van der Waals surface area contributed by atoms with Gasteiger partial charge in [-0.05, 0) is 13.0 Å². The Bertz CT molecular complexity index is 157. The van der Waals surface area contributed by atoms with Crippen molar-refractivity contribution in [1.29, 1.82) is 0 Å². The molecule has 5 heteroatoms. The number of hydrogen-bond donors (Lipinski definition) is 1. The molecule has 0 fully saturated rings. The minimum Gasteiger partial charge on any atom is -0.360 e. The van der Waals surface area contributed by atoms with Gasteiger partial charge in [0.1, 0.15) is 0 Å². The van der Waals surface area contributed by atoms with Crippen LogP contribution in [0.3, 0.4) is 0 Å². The Morgan fingerprint density at radius 2 is 2.22 bits per heavy atom. The quantitative estimate of drug-likeness (QED) is 0.315. The van der Waals surface area contributed by atoms with Gasteiger partial charge >= 0.3 is 11.6 Å². The van der Waals surface area contributed by atoms with Gasteiger partial charge in [0.05, 0.1) is 4.92 Å². The lowest BCUT2D eigenvalue weighted by atomic mass is 10.4. The number of primary amides is 1. The van der Waals surface area contributed by atoms with Gasteiger partial charge in [-0.2, -0.15) is 0 Å².